The van der Waals surface area contributed by atoms with Crippen LogP contribution in [0.15, 0.2) is 54.9 Å². The highest BCUT2D eigenvalue weighted by atomic mass is 35.5. The fourth-order valence-electron chi connectivity index (χ4n) is 4.57. The second-order valence-corrected chi connectivity index (χ2v) is 9.07. The van der Waals surface area contributed by atoms with Gasteiger partial charge in [0.05, 0.1) is 29.1 Å². The Balaban J connectivity index is 1.78. The first-order valence-corrected chi connectivity index (χ1v) is 12.5. The van der Waals surface area contributed by atoms with Gasteiger partial charge < -0.3 is 16.0 Å². The van der Waals surface area contributed by atoms with E-state index in [9.17, 15) is 4.79 Å². The molecular weight excluding hydrogens is 458 g/mol. The van der Waals surface area contributed by atoms with E-state index in [1.807, 2.05) is 51.1 Å². The molecule has 1 unspecified atom stereocenters. The minimum Gasteiger partial charge on any atom is -0.398 e. The third-order valence-corrected chi connectivity index (χ3v) is 6.95. The van der Waals surface area contributed by atoms with E-state index in [0.29, 0.717) is 29.2 Å². The molecule has 4 aromatic rings. The van der Waals surface area contributed by atoms with Crippen LogP contribution >= 0.6 is 11.6 Å². The van der Waals surface area contributed by atoms with E-state index in [-0.39, 0.29) is 12.1 Å². The molecule has 35 heavy (non-hydrogen) atoms. The molecule has 0 fully saturated rings. The topological polar surface area (TPSA) is 87.0 Å². The Bertz CT molecular complexity index is 1320. The first kappa shape index (κ1) is 24.6. The van der Waals surface area contributed by atoms with Crippen LogP contribution in [-0.4, -0.2) is 16.0 Å². The van der Waals surface area contributed by atoms with E-state index in [0.717, 1.165) is 39.8 Å². The molecule has 4 N–H and O–H groups in total. The molecule has 2 amide bonds. The van der Waals surface area contributed by atoms with Crippen molar-refractivity contribution < 1.29 is 4.79 Å². The van der Waals surface area contributed by atoms with E-state index in [2.05, 4.69) is 34.3 Å². The van der Waals surface area contributed by atoms with Crippen molar-refractivity contribution in [1.82, 2.24) is 9.97 Å². The summed E-state index contributed by atoms with van der Waals surface area (Å²) in [7, 11) is 0. The van der Waals surface area contributed by atoms with Crippen molar-refractivity contribution in [3.05, 3.63) is 82.1 Å². The van der Waals surface area contributed by atoms with Gasteiger partial charge in [-0.1, -0.05) is 50.6 Å². The molecule has 0 spiro atoms. The number of nitrogens with two attached hydrogens (primary N) is 1. The van der Waals surface area contributed by atoms with Crippen LogP contribution in [0.25, 0.3) is 11.0 Å². The van der Waals surface area contributed by atoms with Crippen molar-refractivity contribution in [3.8, 4) is 0 Å². The number of nitrogens with one attached hydrogen (secondary N) is 2. The quantitative estimate of drug-likeness (QED) is 0.238. The van der Waals surface area contributed by atoms with Gasteiger partial charge in [-0.15, -0.1) is 0 Å². The Morgan fingerprint density at radius 1 is 1.06 bits per heavy atom. The molecule has 0 aliphatic carbocycles. The fourth-order valence-corrected chi connectivity index (χ4v) is 4.92. The maximum Gasteiger partial charge on any atom is 0.326 e. The number of carbonyl (C=O) groups excluding carboxylic acids is 1. The van der Waals surface area contributed by atoms with Gasteiger partial charge in [-0.3, -0.25) is 4.90 Å². The first-order valence-electron chi connectivity index (χ1n) is 12.1. The van der Waals surface area contributed by atoms with Gasteiger partial charge in [0.1, 0.15) is 0 Å². The standard InChI is InChI=1S/C28H32ClN5O/c1-5-18-8-11-20(12-9-18)34(17(4)19-10-13-25-26(14-19)32-16-31-25)28(35)33-27-21(6-2)23(29)15-24(30)22(27)7-3/h8-17H,5-7,30H2,1-4H3,(H,31,32)(H,33,35). The van der Waals surface area contributed by atoms with Gasteiger partial charge in [0.15, 0.2) is 0 Å². The Morgan fingerprint density at radius 2 is 1.77 bits per heavy atom. The number of halogens is 1. The van der Waals surface area contributed by atoms with Gasteiger partial charge >= 0.3 is 6.03 Å². The molecule has 0 radical (unpaired) electrons. The molecule has 0 saturated carbocycles. The molecule has 3 aromatic carbocycles. The lowest BCUT2D eigenvalue weighted by Gasteiger charge is -2.31. The number of nitrogens with zero attached hydrogens (tertiary/aromatic N) is 2. The maximum atomic E-state index is 14.0. The van der Waals surface area contributed by atoms with E-state index < -0.39 is 0 Å². The molecule has 0 saturated heterocycles. The fraction of sp³-hybridized carbons (Fsp3) is 0.286. The number of amides is 2. The number of aromatic nitrogens is 2. The van der Waals surface area contributed by atoms with Crippen LogP contribution < -0.4 is 16.0 Å². The average Bonchev–Trinajstić information content (AvgIpc) is 3.33. The normalized spacial score (nSPS) is 12.0. The lowest BCUT2D eigenvalue weighted by molar-refractivity contribution is 0.255. The number of H-pyrrole nitrogens is 1. The molecule has 0 aliphatic rings. The van der Waals surface area contributed by atoms with Gasteiger partial charge in [0.2, 0.25) is 0 Å². The predicted octanol–water partition coefficient (Wildman–Crippen LogP) is 7.29. The van der Waals surface area contributed by atoms with Gasteiger partial charge in [0.25, 0.3) is 0 Å². The second kappa shape index (κ2) is 10.4. The summed E-state index contributed by atoms with van der Waals surface area (Å²) >= 11 is 6.53. The minimum absolute atomic E-state index is 0.238. The van der Waals surface area contributed by atoms with E-state index in [4.69, 9.17) is 17.3 Å². The third kappa shape index (κ3) is 4.84. The zero-order chi connectivity index (χ0) is 25.1. The predicted molar refractivity (Wildman–Crippen MR) is 146 cm³/mol. The summed E-state index contributed by atoms with van der Waals surface area (Å²) in [6.45, 7) is 8.19. The number of hydrogen-bond donors (Lipinski definition) is 3. The molecule has 1 aromatic heterocycles. The lowest BCUT2D eigenvalue weighted by atomic mass is 10.0. The van der Waals surface area contributed by atoms with Crippen LogP contribution in [0.2, 0.25) is 5.02 Å². The molecule has 4 rings (SSSR count). The number of aryl methyl sites for hydroxylation is 1. The number of imidazole rings is 1. The smallest absolute Gasteiger partial charge is 0.326 e. The summed E-state index contributed by atoms with van der Waals surface area (Å²) in [5.41, 5.74) is 14.2. The maximum absolute atomic E-state index is 14.0. The van der Waals surface area contributed by atoms with E-state index in [1.54, 1.807) is 17.3 Å². The van der Waals surface area contributed by atoms with Crippen LogP contribution in [0, 0.1) is 0 Å². The van der Waals surface area contributed by atoms with Crippen molar-refractivity contribution >= 4 is 45.7 Å². The monoisotopic (exact) mass is 489 g/mol. The summed E-state index contributed by atoms with van der Waals surface area (Å²) in [6, 6.07) is 15.4. The number of carbonyl (C=O) groups is 1. The molecule has 1 heterocycles. The van der Waals surface area contributed by atoms with Crippen LogP contribution in [0.1, 0.15) is 56.0 Å². The average molecular weight is 490 g/mol. The zero-order valence-electron chi connectivity index (χ0n) is 20.7. The molecule has 1 atom stereocenters. The molecule has 182 valence electrons. The minimum atomic E-state index is -0.248. The Kier molecular flexibility index (Phi) is 7.31. The number of anilines is 3. The van der Waals surface area contributed by atoms with Crippen molar-refractivity contribution in [2.24, 2.45) is 0 Å². The van der Waals surface area contributed by atoms with E-state index in [1.165, 1.54) is 5.56 Å². The highest BCUT2D eigenvalue weighted by Crippen LogP contribution is 2.36. The number of urea groups is 1. The summed E-state index contributed by atoms with van der Waals surface area (Å²) in [5.74, 6) is 0. The largest absolute Gasteiger partial charge is 0.398 e. The molecule has 0 aliphatic heterocycles. The number of rotatable bonds is 7. The highest BCUT2D eigenvalue weighted by Gasteiger charge is 2.26. The third-order valence-electron chi connectivity index (χ3n) is 6.62. The summed E-state index contributed by atoms with van der Waals surface area (Å²) in [6.07, 6.45) is 3.97. The van der Waals surface area contributed by atoms with E-state index >= 15 is 0 Å². The van der Waals surface area contributed by atoms with Crippen molar-refractivity contribution in [1.29, 1.82) is 0 Å². The summed E-state index contributed by atoms with van der Waals surface area (Å²) < 4.78 is 0. The van der Waals surface area contributed by atoms with Gasteiger partial charge in [-0.2, -0.15) is 0 Å². The van der Waals surface area contributed by atoms with Crippen LogP contribution in [0.4, 0.5) is 21.9 Å². The number of hydrogen-bond acceptors (Lipinski definition) is 3. The molecule has 7 heteroatoms. The van der Waals surface area contributed by atoms with Gasteiger partial charge in [-0.25, -0.2) is 9.78 Å². The number of benzene rings is 3. The van der Waals surface area contributed by atoms with Crippen LogP contribution in [0.3, 0.4) is 0 Å². The van der Waals surface area contributed by atoms with Crippen LogP contribution in [0.5, 0.6) is 0 Å². The number of fused-ring (bicyclic) bond motifs is 1. The molecule has 6 nitrogen and oxygen atoms in total. The number of nitrogen functional groups attached to an aromatic ring is 1. The Hall–Kier alpha value is -3.51. The summed E-state index contributed by atoms with van der Waals surface area (Å²) in [5, 5.41) is 3.74. The van der Waals surface area contributed by atoms with Crippen LogP contribution in [-0.2, 0) is 19.3 Å². The zero-order valence-corrected chi connectivity index (χ0v) is 21.4. The molecule has 0 bridgehead atoms. The Morgan fingerprint density at radius 3 is 2.43 bits per heavy atom. The first-order chi connectivity index (χ1) is 16.9. The van der Waals surface area contributed by atoms with Crippen molar-refractivity contribution in [2.75, 3.05) is 16.0 Å². The summed E-state index contributed by atoms with van der Waals surface area (Å²) in [4.78, 5) is 23.2. The van der Waals surface area contributed by atoms with Crippen molar-refractivity contribution in [2.45, 2.75) is 53.0 Å². The second-order valence-electron chi connectivity index (χ2n) is 8.66. The highest BCUT2D eigenvalue weighted by molar-refractivity contribution is 6.32. The molecular formula is C28H32ClN5O. The number of aromatic amines is 1. The van der Waals surface area contributed by atoms with Gasteiger partial charge in [0, 0.05) is 16.4 Å². The lowest BCUT2D eigenvalue weighted by Crippen LogP contribution is -2.37. The van der Waals surface area contributed by atoms with Crippen molar-refractivity contribution in [3.63, 3.8) is 0 Å². The SMILES string of the molecule is CCc1ccc(N(C(=O)Nc2c(CC)c(N)cc(Cl)c2CC)C(C)c2ccc3nc[nH]c3c2)cc1. The van der Waals surface area contributed by atoms with Gasteiger partial charge in [-0.05, 0) is 78.8 Å². The Labute approximate surface area is 211 Å².